The molecule has 4 nitrogen and oxygen atoms in total. The molecule has 0 fully saturated rings. The zero-order chi connectivity index (χ0) is 15.6. The molecule has 1 heterocycles. The molecule has 0 radical (unpaired) electrons. The summed E-state index contributed by atoms with van der Waals surface area (Å²) in [5, 5.41) is 2.49. The van der Waals surface area contributed by atoms with Crippen molar-refractivity contribution in [3.05, 3.63) is 52.6 Å². The van der Waals surface area contributed by atoms with Crippen LogP contribution in [-0.4, -0.2) is 15.9 Å². The van der Waals surface area contributed by atoms with Gasteiger partial charge in [0.25, 0.3) is 5.91 Å². The fourth-order valence-corrected chi connectivity index (χ4v) is 1.65. The first-order valence-corrected chi connectivity index (χ1v) is 6.12. The van der Waals surface area contributed by atoms with E-state index in [2.05, 4.69) is 15.3 Å². The Bertz CT molecular complexity index is 671. The summed E-state index contributed by atoms with van der Waals surface area (Å²) in [5.41, 5.74) is -0.327. The van der Waals surface area contributed by atoms with Crippen LogP contribution >= 0.6 is 11.6 Å². The van der Waals surface area contributed by atoms with Crippen molar-refractivity contribution >= 4 is 23.2 Å². The van der Waals surface area contributed by atoms with Crippen LogP contribution in [0.1, 0.15) is 21.6 Å². The van der Waals surface area contributed by atoms with Gasteiger partial charge in [-0.25, -0.2) is 9.97 Å². The van der Waals surface area contributed by atoms with Crippen molar-refractivity contribution in [3.8, 4) is 0 Å². The summed E-state index contributed by atoms with van der Waals surface area (Å²) in [6.07, 6.45) is -2.16. The van der Waals surface area contributed by atoms with Crippen LogP contribution in [-0.2, 0) is 6.18 Å². The molecule has 110 valence electrons. The first-order chi connectivity index (χ1) is 9.77. The number of alkyl halides is 3. The van der Waals surface area contributed by atoms with Crippen molar-refractivity contribution in [2.45, 2.75) is 13.1 Å². The minimum Gasteiger partial charge on any atom is -0.320 e. The molecule has 0 saturated carbocycles. The third-order valence-electron chi connectivity index (χ3n) is 2.67. The van der Waals surface area contributed by atoms with E-state index in [4.69, 9.17) is 11.6 Å². The van der Waals surface area contributed by atoms with Crippen LogP contribution in [0.4, 0.5) is 18.9 Å². The van der Waals surface area contributed by atoms with E-state index < -0.39 is 17.6 Å². The van der Waals surface area contributed by atoms with Crippen LogP contribution in [0.3, 0.4) is 0 Å². The topological polar surface area (TPSA) is 54.9 Å². The summed E-state index contributed by atoms with van der Waals surface area (Å²) >= 11 is 5.54. The summed E-state index contributed by atoms with van der Waals surface area (Å²) in [6.45, 7) is 1.59. The van der Waals surface area contributed by atoms with E-state index in [1.807, 2.05) is 0 Å². The van der Waals surface area contributed by atoms with Crippen molar-refractivity contribution in [2.24, 2.45) is 0 Å². The highest BCUT2D eigenvalue weighted by Crippen LogP contribution is 2.32. The Balaban J connectivity index is 2.26. The van der Waals surface area contributed by atoms with Crippen molar-refractivity contribution in [1.82, 2.24) is 9.97 Å². The standard InChI is InChI=1S/C13H9ClF3N3O/c1-7-2-3-8(13(15,16)17)4-9(7)20-12(21)10-5-19-11(14)6-18-10/h2-6H,1H3,(H,20,21). The Hall–Kier alpha value is -2.15. The molecule has 2 rings (SSSR count). The number of nitrogens with one attached hydrogen (secondary N) is 1. The van der Waals surface area contributed by atoms with Crippen LogP contribution in [0.25, 0.3) is 0 Å². The second-order valence-electron chi connectivity index (χ2n) is 4.21. The number of carbonyl (C=O) groups is 1. The zero-order valence-electron chi connectivity index (χ0n) is 10.7. The number of halogens is 4. The lowest BCUT2D eigenvalue weighted by Crippen LogP contribution is -2.15. The van der Waals surface area contributed by atoms with Crippen LogP contribution < -0.4 is 5.32 Å². The van der Waals surface area contributed by atoms with Gasteiger partial charge in [-0.05, 0) is 24.6 Å². The molecule has 0 aliphatic carbocycles. The van der Waals surface area contributed by atoms with Gasteiger partial charge < -0.3 is 5.32 Å². The number of aryl methyl sites for hydroxylation is 1. The number of rotatable bonds is 2. The van der Waals surface area contributed by atoms with Crippen molar-refractivity contribution in [2.75, 3.05) is 5.32 Å². The molecule has 2 aromatic rings. The predicted molar refractivity (Wildman–Crippen MR) is 71.2 cm³/mol. The average Bonchev–Trinajstić information content (AvgIpc) is 2.40. The predicted octanol–water partition coefficient (Wildman–Crippen LogP) is 3.71. The molecule has 1 N–H and O–H groups in total. The smallest absolute Gasteiger partial charge is 0.320 e. The van der Waals surface area contributed by atoms with Gasteiger partial charge in [-0.15, -0.1) is 0 Å². The molecule has 1 aromatic heterocycles. The van der Waals surface area contributed by atoms with Crippen molar-refractivity contribution < 1.29 is 18.0 Å². The summed E-state index contributed by atoms with van der Waals surface area (Å²) < 4.78 is 38.0. The van der Waals surface area contributed by atoms with Gasteiger partial charge in [-0.1, -0.05) is 17.7 Å². The lowest BCUT2D eigenvalue weighted by Gasteiger charge is -2.12. The molecule has 0 aliphatic rings. The maximum Gasteiger partial charge on any atom is 0.416 e. The SMILES string of the molecule is Cc1ccc(C(F)(F)F)cc1NC(=O)c1cnc(Cl)cn1. The van der Waals surface area contributed by atoms with E-state index >= 15 is 0 Å². The van der Waals surface area contributed by atoms with E-state index in [9.17, 15) is 18.0 Å². The van der Waals surface area contributed by atoms with Crippen LogP contribution in [0, 0.1) is 6.92 Å². The fraction of sp³-hybridized carbons (Fsp3) is 0.154. The van der Waals surface area contributed by atoms with Gasteiger partial charge in [0.1, 0.15) is 10.8 Å². The normalized spacial score (nSPS) is 11.3. The van der Waals surface area contributed by atoms with Crippen LogP contribution in [0.2, 0.25) is 5.15 Å². The first-order valence-electron chi connectivity index (χ1n) is 5.74. The highest BCUT2D eigenvalue weighted by atomic mass is 35.5. The maximum absolute atomic E-state index is 12.7. The Morgan fingerprint density at radius 2 is 1.95 bits per heavy atom. The first kappa shape index (κ1) is 15.2. The fourth-order valence-electron chi connectivity index (χ4n) is 1.55. The second-order valence-corrected chi connectivity index (χ2v) is 4.59. The molecular weight excluding hydrogens is 307 g/mol. The van der Waals surface area contributed by atoms with Crippen LogP contribution in [0.15, 0.2) is 30.6 Å². The van der Waals surface area contributed by atoms with E-state index in [-0.39, 0.29) is 16.5 Å². The number of hydrogen-bond acceptors (Lipinski definition) is 3. The summed E-state index contributed by atoms with van der Waals surface area (Å²) in [4.78, 5) is 19.3. The largest absolute Gasteiger partial charge is 0.416 e. The lowest BCUT2D eigenvalue weighted by atomic mass is 10.1. The molecule has 0 atom stereocenters. The van der Waals surface area contributed by atoms with Crippen LogP contribution in [0.5, 0.6) is 0 Å². The maximum atomic E-state index is 12.7. The molecule has 1 amide bonds. The van der Waals surface area contributed by atoms with Gasteiger partial charge >= 0.3 is 6.18 Å². The van der Waals surface area contributed by atoms with Crippen molar-refractivity contribution in [1.29, 1.82) is 0 Å². The summed E-state index contributed by atoms with van der Waals surface area (Å²) in [5.74, 6) is -0.665. The van der Waals surface area contributed by atoms with Gasteiger partial charge in [-0.3, -0.25) is 4.79 Å². The molecule has 0 spiro atoms. The number of hydrogen-bond donors (Lipinski definition) is 1. The number of carbonyl (C=O) groups excluding carboxylic acids is 1. The zero-order valence-corrected chi connectivity index (χ0v) is 11.5. The third-order valence-corrected chi connectivity index (χ3v) is 2.86. The summed E-state index contributed by atoms with van der Waals surface area (Å²) in [6, 6.07) is 3.11. The number of amides is 1. The van der Waals surface area contributed by atoms with Gasteiger partial charge in [0.2, 0.25) is 0 Å². The van der Waals surface area contributed by atoms with Gasteiger partial charge in [0.15, 0.2) is 0 Å². The Morgan fingerprint density at radius 3 is 2.52 bits per heavy atom. The quantitative estimate of drug-likeness (QED) is 0.919. The van der Waals surface area contributed by atoms with E-state index in [0.29, 0.717) is 5.56 Å². The summed E-state index contributed by atoms with van der Waals surface area (Å²) in [7, 11) is 0. The van der Waals surface area contributed by atoms with Gasteiger partial charge in [0, 0.05) is 5.69 Å². The number of anilines is 1. The third kappa shape index (κ3) is 3.69. The highest BCUT2D eigenvalue weighted by Gasteiger charge is 2.31. The number of aromatic nitrogens is 2. The highest BCUT2D eigenvalue weighted by molar-refractivity contribution is 6.29. The lowest BCUT2D eigenvalue weighted by molar-refractivity contribution is -0.137. The molecule has 0 aliphatic heterocycles. The molecule has 0 bridgehead atoms. The minimum atomic E-state index is -4.48. The molecule has 1 aromatic carbocycles. The second kappa shape index (κ2) is 5.69. The molecule has 8 heteroatoms. The number of nitrogens with zero attached hydrogens (tertiary/aromatic N) is 2. The van der Waals surface area contributed by atoms with E-state index in [1.54, 1.807) is 6.92 Å². The molecular formula is C13H9ClF3N3O. The van der Waals surface area contributed by atoms with E-state index in [1.165, 1.54) is 12.3 Å². The Labute approximate surface area is 123 Å². The minimum absolute atomic E-state index is 0.0452. The van der Waals surface area contributed by atoms with Crippen molar-refractivity contribution in [3.63, 3.8) is 0 Å². The van der Waals surface area contributed by atoms with Gasteiger partial charge in [0.05, 0.1) is 18.0 Å². The molecule has 0 unspecified atom stereocenters. The number of benzene rings is 1. The van der Waals surface area contributed by atoms with Gasteiger partial charge in [-0.2, -0.15) is 13.2 Å². The molecule has 0 saturated heterocycles. The van der Waals surface area contributed by atoms with E-state index in [0.717, 1.165) is 18.3 Å². The monoisotopic (exact) mass is 315 g/mol. The average molecular weight is 316 g/mol. The Morgan fingerprint density at radius 1 is 1.24 bits per heavy atom. The Kier molecular flexibility index (Phi) is 4.13. The molecule has 21 heavy (non-hydrogen) atoms.